The molecule has 0 nitrogen and oxygen atoms in total. The summed E-state index contributed by atoms with van der Waals surface area (Å²) in [4.78, 5) is 0. The van der Waals surface area contributed by atoms with Crippen LogP contribution < -0.4 is 0 Å². The van der Waals surface area contributed by atoms with Crippen LogP contribution in [0.15, 0.2) is 0 Å². The average Bonchev–Trinajstić information content (AvgIpc) is 2.35. The highest BCUT2D eigenvalue weighted by atomic mass is 35.5. The molecule has 0 spiro atoms. The summed E-state index contributed by atoms with van der Waals surface area (Å²) in [6.45, 7) is 27.0. The standard InChI is InChI=1S/C20H43ClSi/c1-12-13-18(6,7)14-20(10,17(4)5)22(11,15-21)19(8,9)16(2)3/h16-17H,12-15H2,1-11H3. The first-order valence-electron chi connectivity index (χ1n) is 9.28. The van der Waals surface area contributed by atoms with E-state index in [-0.39, 0.29) is 0 Å². The van der Waals surface area contributed by atoms with Crippen molar-refractivity contribution in [1.29, 1.82) is 0 Å². The average molecular weight is 347 g/mol. The number of hydrogen-bond acceptors (Lipinski definition) is 0. The molecule has 22 heavy (non-hydrogen) atoms. The molecule has 0 heterocycles. The van der Waals surface area contributed by atoms with E-state index >= 15 is 0 Å². The third-order valence-electron chi connectivity index (χ3n) is 7.44. The maximum Gasteiger partial charge on any atom is 0.0789 e. The number of alkyl halides is 1. The van der Waals surface area contributed by atoms with Crippen LogP contribution >= 0.6 is 11.6 Å². The fourth-order valence-corrected chi connectivity index (χ4v) is 12.0. The lowest BCUT2D eigenvalue weighted by Crippen LogP contribution is -2.58. The van der Waals surface area contributed by atoms with E-state index in [1.807, 2.05) is 0 Å². The van der Waals surface area contributed by atoms with Crippen LogP contribution in [0, 0.1) is 17.3 Å². The number of halogens is 1. The van der Waals surface area contributed by atoms with Gasteiger partial charge in [0.25, 0.3) is 0 Å². The summed E-state index contributed by atoms with van der Waals surface area (Å²) in [6.07, 6.45) is 3.88. The van der Waals surface area contributed by atoms with E-state index in [9.17, 15) is 0 Å². The zero-order valence-electron chi connectivity index (χ0n) is 17.4. The lowest BCUT2D eigenvalue weighted by molar-refractivity contribution is 0.218. The van der Waals surface area contributed by atoms with Crippen molar-refractivity contribution >= 4 is 19.7 Å². The molecule has 2 atom stereocenters. The third-order valence-corrected chi connectivity index (χ3v) is 16.3. The molecule has 0 aliphatic heterocycles. The van der Waals surface area contributed by atoms with Crippen LogP contribution in [-0.4, -0.2) is 13.6 Å². The minimum atomic E-state index is -1.70. The Morgan fingerprint density at radius 1 is 0.909 bits per heavy atom. The van der Waals surface area contributed by atoms with Gasteiger partial charge in [0.2, 0.25) is 0 Å². The van der Waals surface area contributed by atoms with E-state index in [4.69, 9.17) is 11.6 Å². The third kappa shape index (κ3) is 4.12. The second-order valence-electron chi connectivity index (χ2n) is 10.0. The van der Waals surface area contributed by atoms with Gasteiger partial charge in [0, 0.05) is 5.50 Å². The Kier molecular flexibility index (Phi) is 7.77. The quantitative estimate of drug-likeness (QED) is 0.294. The lowest BCUT2D eigenvalue weighted by atomic mass is 9.76. The highest BCUT2D eigenvalue weighted by Gasteiger charge is 2.57. The molecule has 0 aromatic heterocycles. The summed E-state index contributed by atoms with van der Waals surface area (Å²) in [5.41, 5.74) is 1.27. The van der Waals surface area contributed by atoms with Crippen molar-refractivity contribution in [2.75, 3.05) is 5.50 Å². The van der Waals surface area contributed by atoms with Gasteiger partial charge < -0.3 is 0 Å². The van der Waals surface area contributed by atoms with E-state index < -0.39 is 8.07 Å². The van der Waals surface area contributed by atoms with Gasteiger partial charge in [-0.3, -0.25) is 0 Å². The highest BCUT2D eigenvalue weighted by Crippen LogP contribution is 2.63. The lowest BCUT2D eigenvalue weighted by Gasteiger charge is -2.59. The van der Waals surface area contributed by atoms with E-state index in [0.717, 1.165) is 5.50 Å². The Balaban J connectivity index is 5.99. The van der Waals surface area contributed by atoms with Crippen molar-refractivity contribution in [3.05, 3.63) is 0 Å². The fourth-order valence-electron chi connectivity index (χ4n) is 4.49. The van der Waals surface area contributed by atoms with E-state index in [1.54, 1.807) is 0 Å². The van der Waals surface area contributed by atoms with Crippen molar-refractivity contribution in [2.24, 2.45) is 17.3 Å². The molecule has 0 fully saturated rings. The van der Waals surface area contributed by atoms with Gasteiger partial charge in [-0.2, -0.15) is 0 Å². The number of hydrogen-bond donors (Lipinski definition) is 0. The van der Waals surface area contributed by atoms with Crippen molar-refractivity contribution in [3.63, 3.8) is 0 Å². The minimum Gasteiger partial charge on any atom is -0.130 e. The van der Waals surface area contributed by atoms with Gasteiger partial charge >= 0.3 is 0 Å². The van der Waals surface area contributed by atoms with Gasteiger partial charge in [0.05, 0.1) is 8.07 Å². The molecule has 0 aromatic rings. The van der Waals surface area contributed by atoms with Crippen LogP contribution in [0.2, 0.25) is 16.6 Å². The second-order valence-corrected chi connectivity index (χ2v) is 16.2. The molecular weight excluding hydrogens is 304 g/mol. The zero-order valence-corrected chi connectivity index (χ0v) is 19.1. The SMILES string of the molecule is CCCC(C)(C)CC(C)(C(C)C)[Si](C)(CCl)C(C)(C)C(C)C. The molecule has 0 saturated carbocycles. The summed E-state index contributed by atoms with van der Waals surface area (Å²) in [5, 5.41) is 0.706. The van der Waals surface area contributed by atoms with E-state index in [1.165, 1.54) is 19.3 Å². The van der Waals surface area contributed by atoms with Crippen molar-refractivity contribution in [3.8, 4) is 0 Å². The molecule has 2 heteroatoms. The first kappa shape index (κ1) is 22.5. The maximum absolute atomic E-state index is 6.73. The van der Waals surface area contributed by atoms with Crippen molar-refractivity contribution in [1.82, 2.24) is 0 Å². The molecule has 0 saturated heterocycles. The first-order chi connectivity index (χ1) is 9.72. The van der Waals surface area contributed by atoms with E-state index in [2.05, 4.69) is 75.8 Å². The predicted octanol–water partition coefficient (Wildman–Crippen LogP) is 7.91. The van der Waals surface area contributed by atoms with Gasteiger partial charge in [0.15, 0.2) is 0 Å². The van der Waals surface area contributed by atoms with E-state index in [0.29, 0.717) is 27.3 Å². The molecule has 2 unspecified atom stereocenters. The summed E-state index contributed by atoms with van der Waals surface area (Å²) < 4.78 is 0. The van der Waals surface area contributed by atoms with Crippen molar-refractivity contribution in [2.45, 2.75) is 105 Å². The van der Waals surface area contributed by atoms with Gasteiger partial charge in [0.1, 0.15) is 0 Å². The summed E-state index contributed by atoms with van der Waals surface area (Å²) in [5.74, 6) is 1.35. The second kappa shape index (κ2) is 7.60. The smallest absolute Gasteiger partial charge is 0.0789 e. The van der Waals surface area contributed by atoms with Gasteiger partial charge in [-0.1, -0.05) is 82.2 Å². The zero-order chi connectivity index (χ0) is 18.0. The molecule has 0 radical (unpaired) electrons. The molecular formula is C20H43ClSi. The normalized spacial score (nSPS) is 19.4. The molecule has 0 amide bonds. The summed E-state index contributed by atoms with van der Waals surface area (Å²) in [6, 6.07) is 0. The van der Waals surface area contributed by atoms with Crippen LogP contribution in [0.4, 0.5) is 0 Å². The monoisotopic (exact) mass is 346 g/mol. The summed E-state index contributed by atoms with van der Waals surface area (Å²) >= 11 is 6.73. The van der Waals surface area contributed by atoms with Crippen LogP contribution in [-0.2, 0) is 0 Å². The van der Waals surface area contributed by atoms with Gasteiger partial charge in [-0.05, 0) is 40.2 Å². The van der Waals surface area contributed by atoms with Crippen molar-refractivity contribution < 1.29 is 0 Å². The molecule has 134 valence electrons. The van der Waals surface area contributed by atoms with Crippen LogP contribution in [0.3, 0.4) is 0 Å². The van der Waals surface area contributed by atoms with Crippen LogP contribution in [0.1, 0.15) is 88.5 Å². The van der Waals surface area contributed by atoms with Crippen LogP contribution in [0.25, 0.3) is 0 Å². The largest absolute Gasteiger partial charge is 0.130 e. The molecule has 0 bridgehead atoms. The molecule has 0 aliphatic rings. The Hall–Kier alpha value is 0.507. The molecule has 0 rings (SSSR count). The Bertz CT molecular complexity index is 346. The fraction of sp³-hybridized carbons (Fsp3) is 1.00. The molecule has 0 aliphatic carbocycles. The Morgan fingerprint density at radius 2 is 1.36 bits per heavy atom. The minimum absolute atomic E-state index is 0.343. The Morgan fingerprint density at radius 3 is 1.64 bits per heavy atom. The van der Waals surface area contributed by atoms with Crippen LogP contribution in [0.5, 0.6) is 0 Å². The molecule has 0 aromatic carbocycles. The van der Waals surface area contributed by atoms with Gasteiger partial charge in [-0.15, -0.1) is 11.6 Å². The van der Waals surface area contributed by atoms with Gasteiger partial charge in [-0.25, -0.2) is 0 Å². The number of rotatable bonds is 9. The maximum atomic E-state index is 6.73. The summed E-state index contributed by atoms with van der Waals surface area (Å²) in [7, 11) is -1.70. The highest BCUT2D eigenvalue weighted by molar-refractivity contribution is 6.89. The first-order valence-corrected chi connectivity index (χ1v) is 12.5. The Labute approximate surface area is 147 Å². The molecule has 0 N–H and O–H groups in total. The topological polar surface area (TPSA) is 0 Å². The predicted molar refractivity (Wildman–Crippen MR) is 108 cm³/mol.